The van der Waals surface area contributed by atoms with Crippen LogP contribution >= 0.6 is 0 Å². The molecule has 0 radical (unpaired) electrons. The van der Waals surface area contributed by atoms with Crippen LogP contribution < -0.4 is 16.8 Å². The number of nitrogens with one attached hydrogen (secondary N) is 1. The van der Waals surface area contributed by atoms with Crippen molar-refractivity contribution < 1.29 is 4.79 Å². The topological polar surface area (TPSA) is 81.1 Å². The Bertz CT molecular complexity index is 376. The molecular weight excluding hydrogens is 226 g/mol. The Morgan fingerprint density at radius 2 is 2.00 bits per heavy atom. The maximum absolute atomic E-state index is 11.9. The summed E-state index contributed by atoms with van der Waals surface area (Å²) in [6.45, 7) is 4.16. The Kier molecular flexibility index (Phi) is 5.31. The summed E-state index contributed by atoms with van der Waals surface area (Å²) in [6, 6.07) is 9.50. The molecule has 0 aliphatic heterocycles. The molecule has 0 aliphatic rings. The van der Waals surface area contributed by atoms with Crippen LogP contribution in [0.4, 0.5) is 0 Å². The monoisotopic (exact) mass is 249 g/mol. The van der Waals surface area contributed by atoms with Gasteiger partial charge in [0, 0.05) is 12.6 Å². The molecule has 5 N–H and O–H groups in total. The molecule has 0 aliphatic carbocycles. The van der Waals surface area contributed by atoms with Gasteiger partial charge in [-0.25, -0.2) is 0 Å². The van der Waals surface area contributed by atoms with Gasteiger partial charge in [0.05, 0.1) is 5.54 Å². The second-order valence-corrected chi connectivity index (χ2v) is 4.89. The van der Waals surface area contributed by atoms with Gasteiger partial charge in [0.15, 0.2) is 0 Å². The maximum Gasteiger partial charge on any atom is 0.239 e. The highest BCUT2D eigenvalue weighted by Gasteiger charge is 2.27. The molecule has 4 heteroatoms. The van der Waals surface area contributed by atoms with Gasteiger partial charge in [0.2, 0.25) is 5.91 Å². The predicted molar refractivity (Wildman–Crippen MR) is 73.9 cm³/mol. The average molecular weight is 249 g/mol. The predicted octanol–water partition coefficient (Wildman–Crippen LogP) is 1.32. The lowest BCUT2D eigenvalue weighted by Gasteiger charge is -2.24. The SMILES string of the molecule is CCCC(C)(N)C(=O)NCC(N)c1ccccc1. The lowest BCUT2D eigenvalue weighted by molar-refractivity contribution is -0.126. The van der Waals surface area contributed by atoms with Crippen LogP contribution in [0.25, 0.3) is 0 Å². The minimum Gasteiger partial charge on any atom is -0.353 e. The molecule has 0 spiro atoms. The molecule has 2 atom stereocenters. The smallest absolute Gasteiger partial charge is 0.239 e. The molecule has 0 saturated heterocycles. The summed E-state index contributed by atoms with van der Waals surface area (Å²) in [7, 11) is 0. The van der Waals surface area contributed by atoms with Crippen LogP contribution in [0, 0.1) is 0 Å². The molecule has 18 heavy (non-hydrogen) atoms. The standard InChI is InChI=1S/C14H23N3O/c1-3-9-14(2,16)13(18)17-10-12(15)11-7-5-4-6-8-11/h4-8,12H,3,9-10,15-16H2,1-2H3,(H,17,18). The van der Waals surface area contributed by atoms with Gasteiger partial charge in [-0.05, 0) is 18.9 Å². The van der Waals surface area contributed by atoms with Crippen molar-refractivity contribution in [3.05, 3.63) is 35.9 Å². The van der Waals surface area contributed by atoms with Crippen molar-refractivity contribution in [1.29, 1.82) is 0 Å². The fraction of sp³-hybridized carbons (Fsp3) is 0.500. The maximum atomic E-state index is 11.9. The Hall–Kier alpha value is -1.39. The summed E-state index contributed by atoms with van der Waals surface area (Å²) < 4.78 is 0. The highest BCUT2D eigenvalue weighted by atomic mass is 16.2. The first-order valence-electron chi connectivity index (χ1n) is 6.35. The van der Waals surface area contributed by atoms with Crippen molar-refractivity contribution in [3.8, 4) is 0 Å². The molecule has 0 saturated carbocycles. The number of carbonyl (C=O) groups is 1. The summed E-state index contributed by atoms with van der Waals surface area (Å²) in [5.41, 5.74) is 12.1. The van der Waals surface area contributed by atoms with Crippen LogP contribution in [0.15, 0.2) is 30.3 Å². The zero-order valence-corrected chi connectivity index (χ0v) is 11.1. The number of nitrogens with two attached hydrogens (primary N) is 2. The van der Waals surface area contributed by atoms with Crippen molar-refractivity contribution in [2.75, 3.05) is 6.54 Å². The molecule has 2 unspecified atom stereocenters. The van der Waals surface area contributed by atoms with E-state index in [1.54, 1.807) is 6.92 Å². The molecule has 1 rings (SSSR count). The van der Waals surface area contributed by atoms with Crippen LogP contribution in [0.3, 0.4) is 0 Å². The van der Waals surface area contributed by atoms with Gasteiger partial charge in [-0.15, -0.1) is 0 Å². The Labute approximate surface area is 109 Å². The van der Waals surface area contributed by atoms with E-state index < -0.39 is 5.54 Å². The molecule has 0 bridgehead atoms. The van der Waals surface area contributed by atoms with Gasteiger partial charge in [-0.2, -0.15) is 0 Å². The number of benzene rings is 1. The third-order valence-electron chi connectivity index (χ3n) is 3.00. The van der Waals surface area contributed by atoms with Gasteiger partial charge in [0.25, 0.3) is 0 Å². The van der Waals surface area contributed by atoms with Gasteiger partial charge in [0.1, 0.15) is 0 Å². The Morgan fingerprint density at radius 1 is 1.39 bits per heavy atom. The number of carbonyl (C=O) groups excluding carboxylic acids is 1. The highest BCUT2D eigenvalue weighted by Crippen LogP contribution is 2.11. The summed E-state index contributed by atoms with van der Waals surface area (Å²) in [4.78, 5) is 11.9. The molecule has 100 valence electrons. The fourth-order valence-electron chi connectivity index (χ4n) is 1.86. The van der Waals surface area contributed by atoms with E-state index >= 15 is 0 Å². The zero-order valence-electron chi connectivity index (χ0n) is 11.1. The van der Waals surface area contributed by atoms with Crippen molar-refractivity contribution in [2.45, 2.75) is 38.3 Å². The van der Waals surface area contributed by atoms with Crippen LogP contribution in [0.5, 0.6) is 0 Å². The molecule has 1 aromatic carbocycles. The number of amides is 1. The van der Waals surface area contributed by atoms with E-state index in [4.69, 9.17) is 11.5 Å². The lowest BCUT2D eigenvalue weighted by atomic mass is 9.96. The van der Waals surface area contributed by atoms with Crippen LogP contribution in [0.2, 0.25) is 0 Å². The molecule has 1 amide bonds. The summed E-state index contributed by atoms with van der Waals surface area (Å²) >= 11 is 0. The quantitative estimate of drug-likeness (QED) is 0.711. The van der Waals surface area contributed by atoms with Crippen molar-refractivity contribution in [1.82, 2.24) is 5.32 Å². The van der Waals surface area contributed by atoms with E-state index in [9.17, 15) is 4.79 Å². The third-order valence-corrected chi connectivity index (χ3v) is 3.00. The Balaban J connectivity index is 2.48. The van der Waals surface area contributed by atoms with Gasteiger partial charge >= 0.3 is 0 Å². The van der Waals surface area contributed by atoms with E-state index in [-0.39, 0.29) is 11.9 Å². The largest absolute Gasteiger partial charge is 0.353 e. The van der Waals surface area contributed by atoms with Crippen molar-refractivity contribution >= 4 is 5.91 Å². The van der Waals surface area contributed by atoms with E-state index in [2.05, 4.69) is 5.32 Å². The normalized spacial score (nSPS) is 15.8. The fourth-order valence-corrected chi connectivity index (χ4v) is 1.86. The molecule has 0 aromatic heterocycles. The molecule has 1 aromatic rings. The van der Waals surface area contributed by atoms with Crippen molar-refractivity contribution in [3.63, 3.8) is 0 Å². The number of rotatable bonds is 6. The van der Waals surface area contributed by atoms with Crippen molar-refractivity contribution in [2.24, 2.45) is 11.5 Å². The van der Waals surface area contributed by atoms with Crippen LogP contribution in [-0.2, 0) is 4.79 Å². The average Bonchev–Trinajstić information content (AvgIpc) is 2.36. The second kappa shape index (κ2) is 6.52. The number of hydrogen-bond acceptors (Lipinski definition) is 3. The third kappa shape index (κ3) is 4.13. The van der Waals surface area contributed by atoms with E-state index in [1.165, 1.54) is 0 Å². The van der Waals surface area contributed by atoms with E-state index in [0.29, 0.717) is 13.0 Å². The molecule has 4 nitrogen and oxygen atoms in total. The van der Waals surface area contributed by atoms with E-state index in [1.807, 2.05) is 37.3 Å². The second-order valence-electron chi connectivity index (χ2n) is 4.89. The Morgan fingerprint density at radius 3 is 2.56 bits per heavy atom. The minimum atomic E-state index is -0.814. The van der Waals surface area contributed by atoms with Crippen LogP contribution in [0.1, 0.15) is 38.3 Å². The molecule has 0 heterocycles. The van der Waals surface area contributed by atoms with Gasteiger partial charge in [-0.3, -0.25) is 4.79 Å². The lowest BCUT2D eigenvalue weighted by Crippen LogP contribution is -2.52. The molecular formula is C14H23N3O. The van der Waals surface area contributed by atoms with Gasteiger partial charge in [-0.1, -0.05) is 43.7 Å². The van der Waals surface area contributed by atoms with Crippen LogP contribution in [-0.4, -0.2) is 18.0 Å². The van der Waals surface area contributed by atoms with Gasteiger partial charge < -0.3 is 16.8 Å². The number of hydrogen-bond donors (Lipinski definition) is 3. The summed E-state index contributed by atoms with van der Waals surface area (Å²) in [5, 5.41) is 2.82. The van der Waals surface area contributed by atoms with E-state index in [0.717, 1.165) is 12.0 Å². The zero-order chi connectivity index (χ0) is 13.6. The first-order valence-corrected chi connectivity index (χ1v) is 6.35. The molecule has 0 fully saturated rings. The highest BCUT2D eigenvalue weighted by molar-refractivity contribution is 5.85. The first-order chi connectivity index (χ1) is 8.47. The minimum absolute atomic E-state index is 0.143. The summed E-state index contributed by atoms with van der Waals surface area (Å²) in [6.07, 6.45) is 1.55. The first kappa shape index (κ1) is 14.7. The summed E-state index contributed by atoms with van der Waals surface area (Å²) in [5.74, 6) is -0.143.